The number of nitrogens with one attached hydrogen (secondary N) is 1. The first kappa shape index (κ1) is 19.9. The van der Waals surface area contributed by atoms with Crippen LogP contribution in [0.4, 0.5) is 5.69 Å². The molecule has 0 heterocycles. The molecule has 0 radical (unpaired) electrons. The Hall–Kier alpha value is -0.124. The molecule has 110 valence electrons. The molecule has 22 heavy (non-hydrogen) atoms. The van der Waals surface area contributed by atoms with Gasteiger partial charge in [-0.25, -0.2) is 8.42 Å². The Kier molecular flexibility index (Phi) is 7.35. The van der Waals surface area contributed by atoms with Gasteiger partial charge < -0.3 is 9.90 Å². The molecule has 0 fully saturated rings. The number of anilines is 1. The minimum absolute atomic E-state index is 0. The smallest absolute Gasteiger partial charge is 0.545 e. The summed E-state index contributed by atoms with van der Waals surface area (Å²) in [6.07, 6.45) is 0. The van der Waals surface area contributed by atoms with Crippen LogP contribution < -0.4 is 61.2 Å². The average Bonchev–Trinajstić information content (AvgIpc) is 2.43. The molecule has 0 bridgehead atoms. The van der Waals surface area contributed by atoms with Crippen molar-refractivity contribution in [2.45, 2.75) is 4.90 Å². The third-order valence-corrected chi connectivity index (χ3v) is 4.48. The van der Waals surface area contributed by atoms with Crippen LogP contribution in [-0.2, 0) is 10.0 Å². The van der Waals surface area contributed by atoms with Gasteiger partial charge in [0.1, 0.15) is 0 Å². The first-order valence-corrected chi connectivity index (χ1v) is 7.83. The molecular formula is C13H8Cl2KNO4S. The molecule has 0 saturated carbocycles. The SMILES string of the molecule is O=C([O-])c1cccc(S(=O)(=O)Nc2cc(Cl)ccc2Cl)c1.[K+]. The number of benzene rings is 2. The topological polar surface area (TPSA) is 86.3 Å². The minimum atomic E-state index is -3.99. The largest absolute Gasteiger partial charge is 1.00 e. The zero-order valence-corrected chi connectivity index (χ0v) is 16.8. The molecule has 2 rings (SSSR count). The van der Waals surface area contributed by atoms with E-state index in [0.29, 0.717) is 5.02 Å². The number of sulfonamides is 1. The van der Waals surface area contributed by atoms with Crippen LogP contribution >= 0.6 is 23.2 Å². The Morgan fingerprint density at radius 3 is 2.41 bits per heavy atom. The van der Waals surface area contributed by atoms with E-state index in [1.807, 2.05) is 0 Å². The first-order valence-electron chi connectivity index (χ1n) is 5.59. The average molecular weight is 384 g/mol. The number of carboxylic acids is 1. The summed E-state index contributed by atoms with van der Waals surface area (Å²) in [5.74, 6) is -1.46. The van der Waals surface area contributed by atoms with Crippen molar-refractivity contribution in [2.75, 3.05) is 4.72 Å². The fourth-order valence-electron chi connectivity index (χ4n) is 1.57. The number of rotatable bonds is 4. The monoisotopic (exact) mass is 383 g/mol. The maximum absolute atomic E-state index is 12.2. The van der Waals surface area contributed by atoms with Crippen molar-refractivity contribution in [3.8, 4) is 0 Å². The second kappa shape index (κ2) is 8.12. The van der Waals surface area contributed by atoms with E-state index in [4.69, 9.17) is 23.2 Å². The Balaban J connectivity index is 0.00000242. The molecular weight excluding hydrogens is 376 g/mol. The number of carboxylic acid groups (broad SMARTS) is 1. The van der Waals surface area contributed by atoms with Crippen LogP contribution in [-0.4, -0.2) is 14.4 Å². The van der Waals surface area contributed by atoms with Crippen LogP contribution in [0.25, 0.3) is 0 Å². The summed E-state index contributed by atoms with van der Waals surface area (Å²) in [6, 6.07) is 9.10. The van der Waals surface area contributed by atoms with Crippen LogP contribution in [0.2, 0.25) is 10.0 Å². The fraction of sp³-hybridized carbons (Fsp3) is 0. The number of hydrogen-bond acceptors (Lipinski definition) is 4. The van der Waals surface area contributed by atoms with Crippen molar-refractivity contribution in [3.05, 3.63) is 58.1 Å². The predicted octanol–water partition coefficient (Wildman–Crippen LogP) is -0.838. The molecule has 2 aromatic carbocycles. The van der Waals surface area contributed by atoms with Crippen molar-refractivity contribution in [1.82, 2.24) is 0 Å². The second-order valence-electron chi connectivity index (χ2n) is 4.04. The van der Waals surface area contributed by atoms with Gasteiger partial charge >= 0.3 is 51.4 Å². The molecule has 0 amide bonds. The summed E-state index contributed by atoms with van der Waals surface area (Å²) in [4.78, 5) is 10.6. The molecule has 0 aliphatic rings. The van der Waals surface area contributed by atoms with E-state index in [1.54, 1.807) is 0 Å². The van der Waals surface area contributed by atoms with Crippen molar-refractivity contribution in [2.24, 2.45) is 0 Å². The van der Waals surface area contributed by atoms with Crippen LogP contribution in [0.1, 0.15) is 10.4 Å². The Bertz CT molecular complexity index is 811. The van der Waals surface area contributed by atoms with Crippen LogP contribution in [0, 0.1) is 0 Å². The molecule has 0 unspecified atom stereocenters. The van der Waals surface area contributed by atoms with Gasteiger partial charge in [-0.05, 0) is 35.9 Å². The van der Waals surface area contributed by atoms with E-state index in [-0.39, 0.29) is 72.6 Å². The minimum Gasteiger partial charge on any atom is -0.545 e. The quantitative estimate of drug-likeness (QED) is 0.697. The third-order valence-electron chi connectivity index (χ3n) is 2.55. The summed E-state index contributed by atoms with van der Waals surface area (Å²) in [5, 5.41) is 11.2. The molecule has 0 spiro atoms. The van der Waals surface area contributed by atoms with E-state index in [9.17, 15) is 18.3 Å². The van der Waals surface area contributed by atoms with Gasteiger partial charge in [0.2, 0.25) is 0 Å². The van der Waals surface area contributed by atoms with E-state index in [2.05, 4.69) is 4.72 Å². The number of carbonyl (C=O) groups is 1. The summed E-state index contributed by atoms with van der Waals surface area (Å²) in [7, 11) is -3.99. The maximum Gasteiger partial charge on any atom is 1.00 e. The van der Waals surface area contributed by atoms with E-state index in [1.165, 1.54) is 36.4 Å². The zero-order valence-electron chi connectivity index (χ0n) is 11.3. The van der Waals surface area contributed by atoms with Gasteiger partial charge in [-0.2, -0.15) is 0 Å². The molecule has 0 saturated heterocycles. The van der Waals surface area contributed by atoms with Gasteiger partial charge in [0.25, 0.3) is 10.0 Å². The molecule has 2 aromatic rings. The predicted molar refractivity (Wildman–Crippen MR) is 78.0 cm³/mol. The third kappa shape index (κ3) is 4.94. The molecule has 1 N–H and O–H groups in total. The first-order chi connectivity index (χ1) is 9.79. The molecule has 0 aliphatic carbocycles. The number of carbonyl (C=O) groups excluding carboxylic acids is 1. The van der Waals surface area contributed by atoms with Gasteiger partial charge in [-0.15, -0.1) is 0 Å². The van der Waals surface area contributed by atoms with E-state index in [0.717, 1.165) is 6.07 Å². The van der Waals surface area contributed by atoms with Crippen molar-refractivity contribution in [3.63, 3.8) is 0 Å². The normalized spacial score (nSPS) is 10.6. The van der Waals surface area contributed by atoms with Crippen molar-refractivity contribution < 1.29 is 69.7 Å². The Morgan fingerprint density at radius 2 is 1.77 bits per heavy atom. The second-order valence-corrected chi connectivity index (χ2v) is 6.57. The molecule has 0 atom stereocenters. The van der Waals surface area contributed by atoms with E-state index < -0.39 is 16.0 Å². The van der Waals surface area contributed by atoms with Gasteiger partial charge in [0.05, 0.1) is 21.6 Å². The Labute approximate surface area is 180 Å². The number of aromatic carboxylic acids is 1. The number of halogens is 2. The van der Waals surface area contributed by atoms with E-state index >= 15 is 0 Å². The van der Waals surface area contributed by atoms with Gasteiger partial charge in [0, 0.05) is 5.02 Å². The molecule has 5 nitrogen and oxygen atoms in total. The van der Waals surface area contributed by atoms with Crippen molar-refractivity contribution in [1.29, 1.82) is 0 Å². The molecule has 9 heteroatoms. The van der Waals surface area contributed by atoms with Crippen LogP contribution in [0.5, 0.6) is 0 Å². The van der Waals surface area contributed by atoms with Crippen molar-refractivity contribution >= 4 is 44.9 Å². The zero-order chi connectivity index (χ0) is 15.6. The fourth-order valence-corrected chi connectivity index (χ4v) is 3.08. The van der Waals surface area contributed by atoms with Gasteiger partial charge in [-0.1, -0.05) is 35.3 Å². The summed E-state index contributed by atoms with van der Waals surface area (Å²) in [6.45, 7) is 0. The van der Waals surface area contributed by atoms with Crippen LogP contribution in [0.3, 0.4) is 0 Å². The van der Waals surface area contributed by atoms with Gasteiger partial charge in [-0.3, -0.25) is 4.72 Å². The summed E-state index contributed by atoms with van der Waals surface area (Å²) >= 11 is 11.7. The summed E-state index contributed by atoms with van der Waals surface area (Å²) < 4.78 is 26.7. The Morgan fingerprint density at radius 1 is 1.09 bits per heavy atom. The standard InChI is InChI=1S/C13H9Cl2NO4S.K/c14-9-4-5-11(15)12(7-9)16-21(19,20)10-3-1-2-8(6-10)13(17)18;/h1-7,16H,(H,17,18);/q;+1/p-1. The summed E-state index contributed by atoms with van der Waals surface area (Å²) in [5.41, 5.74) is -0.141. The maximum atomic E-state index is 12.2. The van der Waals surface area contributed by atoms with Crippen LogP contribution in [0.15, 0.2) is 47.4 Å². The van der Waals surface area contributed by atoms with Gasteiger partial charge in [0.15, 0.2) is 0 Å². The molecule has 0 aliphatic heterocycles. The number of hydrogen-bond donors (Lipinski definition) is 1. The molecule has 0 aromatic heterocycles.